The summed E-state index contributed by atoms with van der Waals surface area (Å²) in [6.45, 7) is 5.92. The highest BCUT2D eigenvalue weighted by Gasteiger charge is 2.17. The van der Waals surface area contributed by atoms with E-state index in [0.29, 0.717) is 12.0 Å². The van der Waals surface area contributed by atoms with Crippen LogP contribution in [0.4, 0.5) is 0 Å². The van der Waals surface area contributed by atoms with E-state index < -0.39 is 0 Å². The number of hydrogen-bond donors (Lipinski definition) is 0. The van der Waals surface area contributed by atoms with Crippen LogP contribution in [0, 0.1) is 13.8 Å². The summed E-state index contributed by atoms with van der Waals surface area (Å²) >= 11 is 0. The Morgan fingerprint density at radius 2 is 1.62 bits per heavy atom. The highest BCUT2D eigenvalue weighted by Crippen LogP contribution is 2.37. The van der Waals surface area contributed by atoms with Crippen LogP contribution in [0.5, 0.6) is 0 Å². The molecule has 0 fully saturated rings. The van der Waals surface area contributed by atoms with Crippen LogP contribution >= 0.6 is 0 Å². The first-order valence-corrected chi connectivity index (χ1v) is 8.15. The quantitative estimate of drug-likeness (QED) is 0.466. The van der Waals surface area contributed by atoms with Gasteiger partial charge in [0.15, 0.2) is 0 Å². The summed E-state index contributed by atoms with van der Waals surface area (Å²) < 4.78 is 11.4. The fraction of sp³-hybridized carbons (Fsp3) is 0.190. The predicted octanol–water partition coefficient (Wildman–Crippen LogP) is 5.39. The highest BCUT2D eigenvalue weighted by atomic mass is 16.4. The molecule has 0 amide bonds. The van der Waals surface area contributed by atoms with Gasteiger partial charge in [-0.3, -0.25) is 0 Å². The SMILES string of the molecule is CCc1c(C)c2cc3c(-c4ccccc4)c(C)oc3cc2oc1=O. The van der Waals surface area contributed by atoms with Crippen molar-refractivity contribution in [3.05, 3.63) is 69.8 Å². The molecular weight excluding hydrogens is 300 g/mol. The molecular formula is C21H18O3. The molecule has 0 unspecified atom stereocenters. The van der Waals surface area contributed by atoms with E-state index in [9.17, 15) is 4.79 Å². The van der Waals surface area contributed by atoms with E-state index in [1.165, 1.54) is 0 Å². The molecule has 0 aliphatic rings. The van der Waals surface area contributed by atoms with Crippen LogP contribution in [0.15, 0.2) is 56.1 Å². The molecule has 0 radical (unpaired) electrons. The van der Waals surface area contributed by atoms with Crippen LogP contribution in [-0.4, -0.2) is 0 Å². The van der Waals surface area contributed by atoms with Crippen LogP contribution in [0.2, 0.25) is 0 Å². The van der Waals surface area contributed by atoms with Gasteiger partial charge in [0.1, 0.15) is 16.9 Å². The fourth-order valence-electron chi connectivity index (χ4n) is 3.47. The molecule has 0 atom stereocenters. The fourth-order valence-corrected chi connectivity index (χ4v) is 3.47. The highest BCUT2D eigenvalue weighted by molar-refractivity contribution is 6.03. The molecule has 4 rings (SSSR count). The zero-order chi connectivity index (χ0) is 16.8. The summed E-state index contributed by atoms with van der Waals surface area (Å²) in [6.07, 6.45) is 0.665. The molecule has 2 aromatic heterocycles. The molecule has 120 valence electrons. The topological polar surface area (TPSA) is 43.4 Å². The van der Waals surface area contributed by atoms with E-state index in [1.807, 2.05) is 45.0 Å². The minimum atomic E-state index is -0.256. The van der Waals surface area contributed by atoms with Crippen LogP contribution in [0.1, 0.15) is 23.8 Å². The Hall–Kier alpha value is -2.81. The predicted molar refractivity (Wildman–Crippen MR) is 96.5 cm³/mol. The van der Waals surface area contributed by atoms with Crippen molar-refractivity contribution >= 4 is 21.9 Å². The second kappa shape index (κ2) is 5.38. The molecule has 0 saturated carbocycles. The van der Waals surface area contributed by atoms with Crippen LogP contribution in [0.25, 0.3) is 33.1 Å². The molecule has 0 saturated heterocycles. The van der Waals surface area contributed by atoms with Crippen LogP contribution < -0.4 is 5.63 Å². The minimum Gasteiger partial charge on any atom is -0.461 e. The molecule has 4 aromatic rings. The zero-order valence-corrected chi connectivity index (χ0v) is 14.0. The van der Waals surface area contributed by atoms with Gasteiger partial charge in [-0.15, -0.1) is 0 Å². The second-order valence-electron chi connectivity index (χ2n) is 6.09. The maximum absolute atomic E-state index is 12.1. The summed E-state index contributed by atoms with van der Waals surface area (Å²) in [6, 6.07) is 14.1. The maximum atomic E-state index is 12.1. The Kier molecular flexibility index (Phi) is 3.31. The Labute approximate surface area is 139 Å². The van der Waals surface area contributed by atoms with E-state index >= 15 is 0 Å². The Bertz CT molecular complexity index is 1110. The van der Waals surface area contributed by atoms with E-state index in [4.69, 9.17) is 8.83 Å². The summed E-state index contributed by atoms with van der Waals surface area (Å²) in [5, 5.41) is 2.02. The van der Waals surface area contributed by atoms with Crippen molar-refractivity contribution in [2.24, 2.45) is 0 Å². The van der Waals surface area contributed by atoms with Gasteiger partial charge in [0, 0.05) is 28.0 Å². The number of aryl methyl sites for hydroxylation is 2. The Morgan fingerprint density at radius 3 is 2.33 bits per heavy atom. The lowest BCUT2D eigenvalue weighted by Gasteiger charge is -2.06. The van der Waals surface area contributed by atoms with Crippen molar-refractivity contribution in [2.45, 2.75) is 27.2 Å². The summed E-state index contributed by atoms with van der Waals surface area (Å²) in [5.41, 5.74) is 5.01. The number of benzene rings is 2. The Morgan fingerprint density at radius 1 is 0.917 bits per heavy atom. The Balaban J connectivity index is 2.12. The van der Waals surface area contributed by atoms with Crippen molar-refractivity contribution < 1.29 is 8.83 Å². The molecule has 0 bridgehead atoms. The van der Waals surface area contributed by atoms with E-state index in [-0.39, 0.29) is 5.63 Å². The summed E-state index contributed by atoms with van der Waals surface area (Å²) in [7, 11) is 0. The van der Waals surface area contributed by atoms with Gasteiger partial charge < -0.3 is 8.83 Å². The number of fused-ring (bicyclic) bond motifs is 2. The average Bonchev–Trinajstić information content (AvgIpc) is 2.89. The van der Waals surface area contributed by atoms with Gasteiger partial charge in [0.25, 0.3) is 0 Å². The monoisotopic (exact) mass is 318 g/mol. The third-order valence-electron chi connectivity index (χ3n) is 4.69. The second-order valence-corrected chi connectivity index (χ2v) is 6.09. The summed E-state index contributed by atoms with van der Waals surface area (Å²) in [5.74, 6) is 0.863. The number of hydrogen-bond acceptors (Lipinski definition) is 3. The van der Waals surface area contributed by atoms with Gasteiger partial charge in [-0.2, -0.15) is 0 Å². The largest absolute Gasteiger partial charge is 0.461 e. The van der Waals surface area contributed by atoms with E-state index in [0.717, 1.165) is 44.4 Å². The molecule has 0 N–H and O–H groups in total. The lowest BCUT2D eigenvalue weighted by molar-refractivity contribution is 0.547. The van der Waals surface area contributed by atoms with Crippen LogP contribution in [-0.2, 0) is 6.42 Å². The first-order chi connectivity index (χ1) is 11.6. The van der Waals surface area contributed by atoms with Gasteiger partial charge in [-0.25, -0.2) is 4.79 Å². The maximum Gasteiger partial charge on any atom is 0.339 e. The lowest BCUT2D eigenvalue weighted by atomic mass is 9.98. The van der Waals surface area contributed by atoms with Crippen molar-refractivity contribution in [2.75, 3.05) is 0 Å². The van der Waals surface area contributed by atoms with Gasteiger partial charge in [-0.1, -0.05) is 37.3 Å². The van der Waals surface area contributed by atoms with Crippen molar-refractivity contribution in [1.82, 2.24) is 0 Å². The van der Waals surface area contributed by atoms with Crippen molar-refractivity contribution in [3.63, 3.8) is 0 Å². The van der Waals surface area contributed by atoms with Gasteiger partial charge in [0.2, 0.25) is 0 Å². The van der Waals surface area contributed by atoms with Crippen molar-refractivity contribution in [1.29, 1.82) is 0 Å². The van der Waals surface area contributed by atoms with Crippen molar-refractivity contribution in [3.8, 4) is 11.1 Å². The summed E-state index contributed by atoms with van der Waals surface area (Å²) in [4.78, 5) is 12.1. The standard InChI is InChI=1S/C21H18O3/c1-4-15-12(2)16-10-17-19(11-18(16)24-21(15)22)23-13(3)20(17)14-8-6-5-7-9-14/h5-11H,4H2,1-3H3. The van der Waals surface area contributed by atoms with E-state index in [2.05, 4.69) is 18.2 Å². The molecule has 2 aromatic carbocycles. The molecule has 3 nitrogen and oxygen atoms in total. The normalized spacial score (nSPS) is 11.5. The first-order valence-electron chi connectivity index (χ1n) is 8.15. The molecule has 0 aliphatic heterocycles. The smallest absolute Gasteiger partial charge is 0.339 e. The number of furan rings is 1. The zero-order valence-electron chi connectivity index (χ0n) is 14.0. The first kappa shape index (κ1) is 14.8. The molecule has 2 heterocycles. The molecule has 3 heteroatoms. The van der Waals surface area contributed by atoms with Crippen LogP contribution in [0.3, 0.4) is 0 Å². The number of rotatable bonds is 2. The minimum absolute atomic E-state index is 0.256. The third-order valence-corrected chi connectivity index (χ3v) is 4.69. The molecule has 24 heavy (non-hydrogen) atoms. The van der Waals surface area contributed by atoms with E-state index in [1.54, 1.807) is 0 Å². The average molecular weight is 318 g/mol. The van der Waals surface area contributed by atoms with Gasteiger partial charge in [-0.05, 0) is 37.5 Å². The van der Waals surface area contributed by atoms with Gasteiger partial charge >= 0.3 is 5.63 Å². The third kappa shape index (κ3) is 2.08. The molecule has 0 spiro atoms. The van der Waals surface area contributed by atoms with Gasteiger partial charge in [0.05, 0.1) is 0 Å². The lowest BCUT2D eigenvalue weighted by Crippen LogP contribution is -2.08. The molecule has 0 aliphatic carbocycles.